The van der Waals surface area contributed by atoms with Crippen molar-refractivity contribution < 1.29 is 9.47 Å². The second-order valence-electron chi connectivity index (χ2n) is 5.24. The number of halogens is 1. The quantitative estimate of drug-likeness (QED) is 0.916. The third kappa shape index (κ3) is 3.85. The van der Waals surface area contributed by atoms with Crippen LogP contribution in [-0.4, -0.2) is 19.3 Å². The van der Waals surface area contributed by atoms with E-state index in [0.717, 1.165) is 37.0 Å². The molecule has 0 spiro atoms. The van der Waals surface area contributed by atoms with Crippen LogP contribution >= 0.6 is 11.6 Å². The summed E-state index contributed by atoms with van der Waals surface area (Å²) in [6.07, 6.45) is 4.83. The molecule has 0 heterocycles. The zero-order valence-electron chi connectivity index (χ0n) is 11.6. The van der Waals surface area contributed by atoms with Crippen molar-refractivity contribution in [3.05, 3.63) is 28.8 Å². The van der Waals surface area contributed by atoms with Crippen LogP contribution in [0.15, 0.2) is 18.2 Å². The van der Waals surface area contributed by atoms with Crippen LogP contribution in [0, 0.1) is 0 Å². The van der Waals surface area contributed by atoms with Gasteiger partial charge in [0.2, 0.25) is 0 Å². The number of hydrogen-bond donors (Lipinski definition) is 1. The molecule has 4 heteroatoms. The van der Waals surface area contributed by atoms with E-state index in [1.54, 1.807) is 7.11 Å². The molecule has 0 aliphatic heterocycles. The third-order valence-corrected chi connectivity index (χ3v) is 4.00. The Bertz CT molecular complexity index is 423. The van der Waals surface area contributed by atoms with Crippen molar-refractivity contribution in [3.8, 4) is 5.75 Å². The highest BCUT2D eigenvalue weighted by atomic mass is 35.5. The second-order valence-corrected chi connectivity index (χ2v) is 5.64. The van der Waals surface area contributed by atoms with Crippen LogP contribution in [0.25, 0.3) is 0 Å². The smallest absolute Gasteiger partial charge is 0.121 e. The molecule has 3 nitrogen and oxygen atoms in total. The second kappa shape index (κ2) is 6.60. The molecule has 0 saturated heterocycles. The highest BCUT2D eigenvalue weighted by Crippen LogP contribution is 2.29. The maximum absolute atomic E-state index is 6.21. The van der Waals surface area contributed by atoms with Crippen molar-refractivity contribution in [2.45, 2.75) is 50.9 Å². The lowest BCUT2D eigenvalue weighted by Gasteiger charge is -2.28. The van der Waals surface area contributed by atoms with E-state index in [4.69, 9.17) is 26.8 Å². The van der Waals surface area contributed by atoms with Crippen molar-refractivity contribution >= 4 is 11.6 Å². The number of methoxy groups -OCH3 is 1. The molecule has 0 radical (unpaired) electrons. The van der Waals surface area contributed by atoms with Gasteiger partial charge < -0.3 is 15.2 Å². The summed E-state index contributed by atoms with van der Waals surface area (Å²) in [7, 11) is 1.77. The Labute approximate surface area is 120 Å². The molecule has 1 aliphatic rings. The molecule has 1 fully saturated rings. The summed E-state index contributed by atoms with van der Waals surface area (Å²) in [5.74, 6) is 0.816. The van der Waals surface area contributed by atoms with E-state index in [9.17, 15) is 0 Å². The summed E-state index contributed by atoms with van der Waals surface area (Å²) in [4.78, 5) is 0. The zero-order valence-corrected chi connectivity index (χ0v) is 12.3. The largest absolute Gasteiger partial charge is 0.490 e. The van der Waals surface area contributed by atoms with E-state index in [-0.39, 0.29) is 12.1 Å². The minimum atomic E-state index is -0.0610. The minimum Gasteiger partial charge on any atom is -0.490 e. The lowest BCUT2D eigenvalue weighted by Crippen LogP contribution is -2.29. The summed E-state index contributed by atoms with van der Waals surface area (Å²) in [6.45, 7) is 1.92. The van der Waals surface area contributed by atoms with Gasteiger partial charge in [0.05, 0.1) is 6.10 Å². The van der Waals surface area contributed by atoms with Crippen LogP contribution in [0.3, 0.4) is 0 Å². The van der Waals surface area contributed by atoms with E-state index in [2.05, 4.69) is 0 Å². The Hall–Kier alpha value is -0.770. The zero-order chi connectivity index (χ0) is 13.8. The van der Waals surface area contributed by atoms with Crippen LogP contribution in [0.2, 0.25) is 5.02 Å². The molecule has 0 bridgehead atoms. The van der Waals surface area contributed by atoms with Gasteiger partial charge in [0.25, 0.3) is 0 Å². The molecular weight excluding hydrogens is 262 g/mol. The average Bonchev–Trinajstić information content (AvgIpc) is 2.38. The highest BCUT2D eigenvalue weighted by molar-refractivity contribution is 6.31. The first kappa shape index (κ1) is 14.6. The Kier molecular flexibility index (Phi) is 5.08. The Morgan fingerprint density at radius 2 is 2.05 bits per heavy atom. The van der Waals surface area contributed by atoms with Crippen LogP contribution in [0.4, 0.5) is 0 Å². The first-order chi connectivity index (χ1) is 9.10. The molecule has 0 aromatic heterocycles. The van der Waals surface area contributed by atoms with Gasteiger partial charge in [0.15, 0.2) is 0 Å². The fourth-order valence-corrected chi connectivity index (χ4v) is 2.91. The molecule has 19 heavy (non-hydrogen) atoms. The Morgan fingerprint density at radius 3 is 2.68 bits per heavy atom. The van der Waals surface area contributed by atoms with Crippen molar-refractivity contribution in [2.75, 3.05) is 7.11 Å². The molecule has 1 aromatic rings. The third-order valence-electron chi connectivity index (χ3n) is 3.68. The number of rotatable bonds is 4. The Balaban J connectivity index is 2.01. The summed E-state index contributed by atoms with van der Waals surface area (Å²) in [6, 6.07) is 5.69. The van der Waals surface area contributed by atoms with Crippen LogP contribution in [0.1, 0.15) is 44.2 Å². The van der Waals surface area contributed by atoms with Gasteiger partial charge in [-0.05, 0) is 43.9 Å². The molecule has 2 N–H and O–H groups in total. The molecule has 3 atom stereocenters. The van der Waals surface area contributed by atoms with Crippen LogP contribution in [-0.2, 0) is 4.74 Å². The fourth-order valence-electron chi connectivity index (χ4n) is 2.57. The van der Waals surface area contributed by atoms with Gasteiger partial charge in [-0.3, -0.25) is 0 Å². The standard InChI is InChI=1S/C15H22ClNO2/c1-10(17)14-7-6-13(9-15(14)16)19-12-5-3-4-11(8-12)18-2/h6-7,9-12H,3-5,8,17H2,1-2H3. The monoisotopic (exact) mass is 283 g/mol. The van der Waals surface area contributed by atoms with Gasteiger partial charge in [0, 0.05) is 24.6 Å². The molecule has 106 valence electrons. The van der Waals surface area contributed by atoms with E-state index in [0.29, 0.717) is 11.1 Å². The van der Waals surface area contributed by atoms with E-state index >= 15 is 0 Å². The molecule has 2 rings (SSSR count). The van der Waals surface area contributed by atoms with Crippen LogP contribution < -0.4 is 10.5 Å². The number of hydrogen-bond acceptors (Lipinski definition) is 3. The molecular formula is C15H22ClNO2. The molecule has 1 aliphatic carbocycles. The van der Waals surface area contributed by atoms with Crippen molar-refractivity contribution in [2.24, 2.45) is 5.73 Å². The lowest BCUT2D eigenvalue weighted by atomic mass is 9.95. The SMILES string of the molecule is COC1CCCC(Oc2ccc(C(C)N)c(Cl)c2)C1. The van der Waals surface area contributed by atoms with Gasteiger partial charge in [-0.2, -0.15) is 0 Å². The maximum atomic E-state index is 6.21. The molecule has 3 unspecified atom stereocenters. The summed E-state index contributed by atoms with van der Waals surface area (Å²) in [5, 5.41) is 0.673. The van der Waals surface area contributed by atoms with Gasteiger partial charge in [0.1, 0.15) is 11.9 Å². The number of benzene rings is 1. The highest BCUT2D eigenvalue weighted by Gasteiger charge is 2.23. The van der Waals surface area contributed by atoms with E-state index < -0.39 is 0 Å². The fraction of sp³-hybridized carbons (Fsp3) is 0.600. The molecule has 0 amide bonds. The van der Waals surface area contributed by atoms with Crippen molar-refractivity contribution in [1.82, 2.24) is 0 Å². The Morgan fingerprint density at radius 1 is 1.32 bits per heavy atom. The van der Waals surface area contributed by atoms with Gasteiger partial charge in [-0.25, -0.2) is 0 Å². The average molecular weight is 284 g/mol. The van der Waals surface area contributed by atoms with E-state index in [1.165, 1.54) is 0 Å². The first-order valence-corrected chi connectivity index (χ1v) is 7.22. The summed E-state index contributed by atoms with van der Waals surface area (Å²) < 4.78 is 11.4. The van der Waals surface area contributed by atoms with Crippen molar-refractivity contribution in [3.63, 3.8) is 0 Å². The minimum absolute atomic E-state index is 0.0610. The normalized spacial score (nSPS) is 25.1. The number of nitrogens with two attached hydrogens (primary N) is 1. The van der Waals surface area contributed by atoms with E-state index in [1.807, 2.05) is 25.1 Å². The lowest BCUT2D eigenvalue weighted by molar-refractivity contribution is 0.0210. The maximum Gasteiger partial charge on any atom is 0.121 e. The predicted molar refractivity (Wildman–Crippen MR) is 77.7 cm³/mol. The first-order valence-electron chi connectivity index (χ1n) is 6.84. The van der Waals surface area contributed by atoms with Crippen LogP contribution in [0.5, 0.6) is 5.75 Å². The molecule has 1 saturated carbocycles. The van der Waals surface area contributed by atoms with Gasteiger partial charge in [-0.15, -0.1) is 0 Å². The predicted octanol–water partition coefficient (Wildman–Crippen LogP) is 3.70. The van der Waals surface area contributed by atoms with Crippen molar-refractivity contribution in [1.29, 1.82) is 0 Å². The van der Waals surface area contributed by atoms with Gasteiger partial charge >= 0.3 is 0 Å². The number of ether oxygens (including phenoxy) is 2. The van der Waals surface area contributed by atoms with Gasteiger partial charge in [-0.1, -0.05) is 17.7 Å². The topological polar surface area (TPSA) is 44.5 Å². The summed E-state index contributed by atoms with van der Waals surface area (Å²) >= 11 is 6.21. The molecule has 1 aromatic carbocycles. The summed E-state index contributed by atoms with van der Waals surface area (Å²) in [5.41, 5.74) is 6.79.